The Morgan fingerprint density at radius 1 is 0.846 bits per heavy atom. The molecule has 0 radical (unpaired) electrons. The van der Waals surface area contributed by atoms with E-state index in [1.165, 1.54) is 0 Å². The van der Waals surface area contributed by atoms with Crippen molar-refractivity contribution in [2.45, 2.75) is 39.0 Å². The van der Waals surface area contributed by atoms with Gasteiger partial charge in [0.05, 0.1) is 5.69 Å². The summed E-state index contributed by atoms with van der Waals surface area (Å²) in [5.74, 6) is -0.942. The molecule has 1 aliphatic heterocycles. The summed E-state index contributed by atoms with van der Waals surface area (Å²) in [5.41, 5.74) is 8.00. The first-order valence-corrected chi connectivity index (χ1v) is 17.5. The van der Waals surface area contributed by atoms with Gasteiger partial charge in [0, 0.05) is 81.5 Å². The molecule has 12 nitrogen and oxygen atoms in total. The second kappa shape index (κ2) is 14.2. The lowest BCUT2D eigenvalue weighted by atomic mass is 9.95. The van der Waals surface area contributed by atoms with Crippen LogP contribution in [0.1, 0.15) is 65.6 Å². The van der Waals surface area contributed by atoms with Gasteiger partial charge in [-0.05, 0) is 72.8 Å². The van der Waals surface area contributed by atoms with Gasteiger partial charge < -0.3 is 30.6 Å². The number of benzene rings is 4. The quantitative estimate of drug-likeness (QED) is 0.0493. The van der Waals surface area contributed by atoms with Gasteiger partial charge in [-0.2, -0.15) is 5.10 Å². The van der Waals surface area contributed by atoms with Gasteiger partial charge in [0.2, 0.25) is 11.8 Å². The first-order valence-electron chi connectivity index (χ1n) is 16.9. The van der Waals surface area contributed by atoms with E-state index in [0.29, 0.717) is 46.4 Å². The van der Waals surface area contributed by atoms with Crippen molar-refractivity contribution in [2.24, 2.45) is 5.10 Å². The van der Waals surface area contributed by atoms with Crippen LogP contribution in [0, 0.1) is 0 Å². The molecule has 0 aliphatic carbocycles. The number of fused-ring (bicyclic) bond motifs is 5. The molecule has 6 N–H and O–H groups in total. The molecule has 4 amide bonds. The first kappa shape index (κ1) is 34.3. The summed E-state index contributed by atoms with van der Waals surface area (Å²) >= 11 is 6.37. The zero-order valence-corrected chi connectivity index (χ0v) is 29.2. The number of hydrazone groups is 1. The van der Waals surface area contributed by atoms with Gasteiger partial charge >= 0.3 is 0 Å². The highest BCUT2D eigenvalue weighted by Gasteiger charge is 2.35. The summed E-state index contributed by atoms with van der Waals surface area (Å²) in [5, 5.41) is 23.5. The molecule has 0 fully saturated rings. The van der Waals surface area contributed by atoms with E-state index in [2.05, 4.69) is 31.1 Å². The molecule has 0 bridgehead atoms. The molecule has 2 aromatic heterocycles. The topological polar surface area (TPSA) is 172 Å². The van der Waals surface area contributed by atoms with E-state index < -0.39 is 0 Å². The molecule has 0 saturated carbocycles. The molecule has 4 aromatic carbocycles. The van der Waals surface area contributed by atoms with E-state index >= 15 is 0 Å². The normalized spacial score (nSPS) is 14.2. The van der Waals surface area contributed by atoms with Crippen molar-refractivity contribution in [2.75, 3.05) is 28.0 Å². The van der Waals surface area contributed by atoms with Gasteiger partial charge in [0.15, 0.2) is 0 Å². The average molecular weight is 718 g/mol. The number of aromatic amines is 2. The van der Waals surface area contributed by atoms with Crippen LogP contribution in [0.15, 0.2) is 84.0 Å². The monoisotopic (exact) mass is 717 g/mol. The Morgan fingerprint density at radius 3 is 2.17 bits per heavy atom. The highest BCUT2D eigenvalue weighted by molar-refractivity contribution is 6.19. The predicted octanol–water partition coefficient (Wildman–Crippen LogP) is 7.36. The number of anilines is 3. The lowest BCUT2D eigenvalue weighted by molar-refractivity contribution is -0.124. The van der Waals surface area contributed by atoms with Crippen molar-refractivity contribution < 1.29 is 24.3 Å². The van der Waals surface area contributed by atoms with Gasteiger partial charge in [0.1, 0.15) is 17.1 Å². The van der Waals surface area contributed by atoms with E-state index in [4.69, 9.17) is 11.6 Å². The highest BCUT2D eigenvalue weighted by Crippen LogP contribution is 2.45. The van der Waals surface area contributed by atoms with Gasteiger partial charge in [-0.3, -0.25) is 19.2 Å². The second-order valence-electron chi connectivity index (χ2n) is 12.8. The van der Waals surface area contributed by atoms with E-state index in [-0.39, 0.29) is 48.1 Å². The SMILES string of the molecule is CCC(C)=NNC(=O)CCC(=O)Nc1ccc2[nH]c(C(=O)Nc3ccc4[nH]c(C(=O)N5CC(CCl)c6c5cc(O)c5ccccc65)cc4c3)cc2c1. The Morgan fingerprint density at radius 2 is 1.48 bits per heavy atom. The molecular weight excluding hydrogens is 682 g/mol. The number of H-pyrrole nitrogens is 2. The Hall–Kier alpha value is -6.14. The average Bonchev–Trinajstić information content (AvgIpc) is 3.87. The number of aromatic nitrogens is 2. The summed E-state index contributed by atoms with van der Waals surface area (Å²) in [7, 11) is 0. The van der Waals surface area contributed by atoms with Crippen LogP contribution in [-0.2, 0) is 9.59 Å². The van der Waals surface area contributed by atoms with E-state index in [0.717, 1.165) is 44.8 Å². The first-order chi connectivity index (χ1) is 25.1. The molecule has 52 heavy (non-hydrogen) atoms. The number of rotatable bonds is 10. The van der Waals surface area contributed by atoms with Crippen LogP contribution in [0.2, 0.25) is 0 Å². The number of phenolic OH excluding ortho intramolecular Hbond substituents is 1. The summed E-state index contributed by atoms with van der Waals surface area (Å²) < 4.78 is 0. The maximum atomic E-state index is 13.9. The zero-order chi connectivity index (χ0) is 36.5. The molecule has 264 valence electrons. The molecular formula is C39H36ClN7O5. The number of phenols is 1. The number of halogens is 1. The number of carbonyl (C=O) groups excluding carboxylic acids is 4. The minimum absolute atomic E-state index is 0.000190. The van der Waals surface area contributed by atoms with Crippen LogP contribution in [0.3, 0.4) is 0 Å². The predicted molar refractivity (Wildman–Crippen MR) is 205 cm³/mol. The number of nitrogens with one attached hydrogen (secondary N) is 5. The van der Waals surface area contributed by atoms with Crippen LogP contribution in [0.4, 0.5) is 17.1 Å². The van der Waals surface area contributed by atoms with Crippen molar-refractivity contribution in [3.8, 4) is 5.75 Å². The fraction of sp³-hybridized carbons (Fsp3) is 0.205. The molecule has 3 heterocycles. The minimum Gasteiger partial charge on any atom is -0.507 e. The summed E-state index contributed by atoms with van der Waals surface area (Å²) in [6, 6.07) is 23.2. The number of carbonyl (C=O) groups is 4. The van der Waals surface area contributed by atoms with E-state index in [1.807, 2.05) is 38.1 Å². The lowest BCUT2D eigenvalue weighted by Crippen LogP contribution is -2.30. The van der Waals surface area contributed by atoms with Crippen molar-refractivity contribution in [3.05, 3.63) is 95.8 Å². The molecule has 1 aliphatic rings. The van der Waals surface area contributed by atoms with Crippen molar-refractivity contribution in [3.63, 3.8) is 0 Å². The molecule has 13 heteroatoms. The summed E-state index contributed by atoms with van der Waals surface area (Å²) in [4.78, 5) is 59.5. The van der Waals surface area contributed by atoms with Crippen LogP contribution < -0.4 is 21.0 Å². The molecule has 1 atom stereocenters. The molecule has 1 unspecified atom stereocenters. The van der Waals surface area contributed by atoms with Gasteiger partial charge in [0.25, 0.3) is 11.8 Å². The van der Waals surface area contributed by atoms with Crippen LogP contribution in [0.5, 0.6) is 5.75 Å². The summed E-state index contributed by atoms with van der Waals surface area (Å²) in [6.07, 6.45) is 0.716. The zero-order valence-electron chi connectivity index (χ0n) is 28.5. The maximum Gasteiger partial charge on any atom is 0.274 e. The molecule has 0 saturated heterocycles. The summed E-state index contributed by atoms with van der Waals surface area (Å²) in [6.45, 7) is 4.13. The third-order valence-corrected chi connectivity index (χ3v) is 9.67. The van der Waals surface area contributed by atoms with Crippen LogP contribution >= 0.6 is 11.6 Å². The number of alkyl halides is 1. The van der Waals surface area contributed by atoms with Gasteiger partial charge in [-0.25, -0.2) is 5.43 Å². The highest BCUT2D eigenvalue weighted by atomic mass is 35.5. The third-order valence-electron chi connectivity index (χ3n) is 9.30. The molecule has 7 rings (SSSR count). The largest absolute Gasteiger partial charge is 0.507 e. The Labute approximate surface area is 303 Å². The number of hydrogen-bond donors (Lipinski definition) is 6. The number of hydrogen-bond acceptors (Lipinski definition) is 6. The van der Waals surface area contributed by atoms with Crippen LogP contribution in [-0.4, -0.2) is 56.8 Å². The van der Waals surface area contributed by atoms with E-state index in [1.54, 1.807) is 59.5 Å². The number of amides is 4. The Balaban J connectivity index is 1.02. The third kappa shape index (κ3) is 6.80. The Kier molecular flexibility index (Phi) is 9.39. The maximum absolute atomic E-state index is 13.9. The number of aromatic hydroxyl groups is 1. The fourth-order valence-electron chi connectivity index (χ4n) is 6.49. The van der Waals surface area contributed by atoms with Gasteiger partial charge in [-0.15, -0.1) is 11.6 Å². The minimum atomic E-state index is -0.368. The van der Waals surface area contributed by atoms with Gasteiger partial charge in [-0.1, -0.05) is 31.2 Å². The lowest BCUT2D eigenvalue weighted by Gasteiger charge is -2.17. The van der Waals surface area contributed by atoms with Crippen molar-refractivity contribution >= 4 is 90.6 Å². The Bertz CT molecular complexity index is 2430. The van der Waals surface area contributed by atoms with E-state index in [9.17, 15) is 24.3 Å². The fourth-order valence-corrected chi connectivity index (χ4v) is 6.74. The van der Waals surface area contributed by atoms with Crippen LogP contribution in [0.25, 0.3) is 32.6 Å². The second-order valence-corrected chi connectivity index (χ2v) is 13.2. The standard InChI is InChI=1S/C39H36ClN7O5/c1-3-21(2)45-46-36(50)13-12-35(49)41-25-8-10-29-22(14-25)16-31(43-29)38(51)42-26-9-11-30-23(15-26)17-32(44-30)39(52)47-20-24(19-40)37-28-7-5-4-6-27(28)34(48)18-33(37)47/h4-11,14-18,24,43-44,48H,3,12-13,19-20H2,1-2H3,(H,41,49)(H,42,51)(H,46,50). The number of nitrogens with zero attached hydrogens (tertiary/aromatic N) is 2. The van der Waals surface area contributed by atoms with Crippen molar-refractivity contribution in [1.29, 1.82) is 0 Å². The molecule has 0 spiro atoms. The smallest absolute Gasteiger partial charge is 0.274 e. The molecule has 6 aromatic rings. The van der Waals surface area contributed by atoms with Crippen molar-refractivity contribution in [1.82, 2.24) is 15.4 Å².